The first-order chi connectivity index (χ1) is 8.04. The molecule has 0 aromatic rings. The number of carbonyl (C=O) groups excluding carboxylic acids is 2. The number of nitrogens with two attached hydrogens (primary N) is 1. The van der Waals surface area contributed by atoms with Crippen LogP contribution in [-0.2, 0) is 14.3 Å². The van der Waals surface area contributed by atoms with Crippen LogP contribution in [-0.4, -0.2) is 31.1 Å². The van der Waals surface area contributed by atoms with E-state index in [4.69, 9.17) is 15.7 Å². The molecule has 0 aromatic carbocycles. The van der Waals surface area contributed by atoms with E-state index < -0.39 is 11.9 Å². The molecule has 2 amide bonds. The molecule has 0 spiro atoms. The Balaban J connectivity index is 2.51. The molecule has 6 heteroatoms. The molecular formula is C11H17N3O3. The summed E-state index contributed by atoms with van der Waals surface area (Å²) in [4.78, 5) is 22.9. The fraction of sp³-hybridized carbons (Fsp3) is 0.727. The van der Waals surface area contributed by atoms with Crippen LogP contribution >= 0.6 is 0 Å². The molecule has 1 aliphatic rings. The number of primary amides is 1. The normalized spacial score (nSPS) is 22.5. The van der Waals surface area contributed by atoms with Crippen LogP contribution in [0, 0.1) is 23.2 Å². The molecule has 0 unspecified atom stereocenters. The Labute approximate surface area is 100 Å². The van der Waals surface area contributed by atoms with E-state index in [0.29, 0.717) is 19.6 Å². The van der Waals surface area contributed by atoms with Crippen LogP contribution < -0.4 is 11.1 Å². The van der Waals surface area contributed by atoms with Gasteiger partial charge in [0, 0.05) is 12.5 Å². The minimum absolute atomic E-state index is 0.214. The molecule has 1 aliphatic heterocycles. The van der Waals surface area contributed by atoms with Crippen molar-refractivity contribution in [3.8, 4) is 6.07 Å². The Kier molecular flexibility index (Phi) is 4.91. The summed E-state index contributed by atoms with van der Waals surface area (Å²) in [5.41, 5.74) is 5.19. The Morgan fingerprint density at radius 2 is 2.35 bits per heavy atom. The SMILES string of the molecule is C[C@H](C#N)C[C@H](NC(=O)[C@@H]1CCOC1)C(N)=O. The van der Waals surface area contributed by atoms with Crippen LogP contribution in [0.15, 0.2) is 0 Å². The maximum Gasteiger partial charge on any atom is 0.240 e. The van der Waals surface area contributed by atoms with Crippen LogP contribution in [0.25, 0.3) is 0 Å². The van der Waals surface area contributed by atoms with E-state index in [9.17, 15) is 9.59 Å². The molecular weight excluding hydrogens is 222 g/mol. The van der Waals surface area contributed by atoms with E-state index in [2.05, 4.69) is 5.32 Å². The summed E-state index contributed by atoms with van der Waals surface area (Å²) in [6, 6.07) is 1.23. The average Bonchev–Trinajstić information content (AvgIpc) is 2.81. The maximum atomic E-state index is 11.7. The predicted molar refractivity (Wildman–Crippen MR) is 59.4 cm³/mol. The van der Waals surface area contributed by atoms with E-state index >= 15 is 0 Å². The summed E-state index contributed by atoms with van der Waals surface area (Å²) in [5, 5.41) is 11.3. The standard InChI is InChI=1S/C11H17N3O3/c1-7(5-12)4-9(10(13)15)14-11(16)8-2-3-17-6-8/h7-9H,2-4,6H2,1H3,(H2,13,15)(H,14,16)/t7-,8+,9-/m0/s1. The van der Waals surface area contributed by atoms with E-state index in [1.54, 1.807) is 6.92 Å². The minimum atomic E-state index is -0.780. The molecule has 1 rings (SSSR count). The highest BCUT2D eigenvalue weighted by Crippen LogP contribution is 2.13. The van der Waals surface area contributed by atoms with Gasteiger partial charge in [0.05, 0.1) is 18.6 Å². The molecule has 0 saturated carbocycles. The van der Waals surface area contributed by atoms with Crippen LogP contribution in [0.3, 0.4) is 0 Å². The Bertz CT molecular complexity index is 331. The molecule has 1 fully saturated rings. The lowest BCUT2D eigenvalue weighted by atomic mass is 10.0. The van der Waals surface area contributed by atoms with E-state index in [1.165, 1.54) is 0 Å². The Morgan fingerprint density at radius 1 is 1.65 bits per heavy atom. The highest BCUT2D eigenvalue weighted by molar-refractivity contribution is 5.87. The lowest BCUT2D eigenvalue weighted by Crippen LogP contribution is -2.47. The highest BCUT2D eigenvalue weighted by Gasteiger charge is 2.27. The van der Waals surface area contributed by atoms with Gasteiger partial charge in [-0.25, -0.2) is 0 Å². The van der Waals surface area contributed by atoms with Crippen molar-refractivity contribution < 1.29 is 14.3 Å². The summed E-state index contributed by atoms with van der Waals surface area (Å²) < 4.78 is 5.09. The summed E-state index contributed by atoms with van der Waals surface area (Å²) in [6.45, 7) is 2.62. The first-order valence-electron chi connectivity index (χ1n) is 5.61. The third-order valence-electron chi connectivity index (χ3n) is 2.77. The van der Waals surface area contributed by atoms with Crippen molar-refractivity contribution in [2.45, 2.75) is 25.8 Å². The van der Waals surface area contributed by atoms with Gasteiger partial charge in [-0.2, -0.15) is 5.26 Å². The second-order valence-electron chi connectivity index (χ2n) is 4.29. The van der Waals surface area contributed by atoms with Crippen LogP contribution in [0.5, 0.6) is 0 Å². The van der Waals surface area contributed by atoms with Gasteiger partial charge in [-0.3, -0.25) is 9.59 Å². The van der Waals surface area contributed by atoms with Gasteiger partial charge < -0.3 is 15.8 Å². The number of amides is 2. The third-order valence-corrected chi connectivity index (χ3v) is 2.77. The van der Waals surface area contributed by atoms with Gasteiger partial charge in [0.15, 0.2) is 0 Å². The van der Waals surface area contributed by atoms with E-state index in [1.807, 2.05) is 6.07 Å². The van der Waals surface area contributed by atoms with Crippen molar-refractivity contribution in [1.29, 1.82) is 5.26 Å². The van der Waals surface area contributed by atoms with Gasteiger partial charge in [0.1, 0.15) is 6.04 Å². The van der Waals surface area contributed by atoms with Gasteiger partial charge >= 0.3 is 0 Å². The lowest BCUT2D eigenvalue weighted by Gasteiger charge is -2.18. The fourth-order valence-electron chi connectivity index (χ4n) is 1.68. The van der Waals surface area contributed by atoms with Crippen molar-refractivity contribution in [2.24, 2.45) is 17.6 Å². The number of nitriles is 1. The number of nitrogens with one attached hydrogen (secondary N) is 1. The topological polar surface area (TPSA) is 105 Å². The zero-order valence-electron chi connectivity index (χ0n) is 9.81. The Hall–Kier alpha value is -1.61. The molecule has 3 atom stereocenters. The lowest BCUT2D eigenvalue weighted by molar-refractivity contribution is -0.130. The van der Waals surface area contributed by atoms with Crippen molar-refractivity contribution in [1.82, 2.24) is 5.32 Å². The zero-order chi connectivity index (χ0) is 12.8. The van der Waals surface area contributed by atoms with E-state index in [0.717, 1.165) is 0 Å². The predicted octanol–water partition coefficient (Wildman–Crippen LogP) is -0.457. The largest absolute Gasteiger partial charge is 0.381 e. The molecule has 0 bridgehead atoms. The van der Waals surface area contributed by atoms with Gasteiger partial charge in [0.25, 0.3) is 0 Å². The number of rotatable bonds is 5. The second kappa shape index (κ2) is 6.21. The molecule has 94 valence electrons. The number of hydrogen-bond donors (Lipinski definition) is 2. The molecule has 1 heterocycles. The van der Waals surface area contributed by atoms with Crippen molar-refractivity contribution in [2.75, 3.05) is 13.2 Å². The maximum absolute atomic E-state index is 11.7. The third kappa shape index (κ3) is 4.04. The molecule has 0 radical (unpaired) electrons. The number of carbonyl (C=O) groups is 2. The Morgan fingerprint density at radius 3 is 2.82 bits per heavy atom. The van der Waals surface area contributed by atoms with Crippen LogP contribution in [0.4, 0.5) is 0 Å². The van der Waals surface area contributed by atoms with Crippen LogP contribution in [0.1, 0.15) is 19.8 Å². The highest BCUT2D eigenvalue weighted by atomic mass is 16.5. The van der Waals surface area contributed by atoms with Crippen molar-refractivity contribution in [3.63, 3.8) is 0 Å². The number of nitrogens with zero attached hydrogens (tertiary/aromatic N) is 1. The smallest absolute Gasteiger partial charge is 0.240 e. The van der Waals surface area contributed by atoms with Gasteiger partial charge in [-0.15, -0.1) is 0 Å². The van der Waals surface area contributed by atoms with Gasteiger partial charge in [-0.1, -0.05) is 0 Å². The molecule has 0 aliphatic carbocycles. The van der Waals surface area contributed by atoms with Crippen molar-refractivity contribution >= 4 is 11.8 Å². The first kappa shape index (κ1) is 13.5. The van der Waals surface area contributed by atoms with Crippen molar-refractivity contribution in [3.05, 3.63) is 0 Å². The molecule has 1 saturated heterocycles. The van der Waals surface area contributed by atoms with Crippen LogP contribution in [0.2, 0.25) is 0 Å². The summed E-state index contributed by atoms with van der Waals surface area (Å²) in [7, 11) is 0. The summed E-state index contributed by atoms with van der Waals surface area (Å²) in [6.07, 6.45) is 0.899. The summed E-state index contributed by atoms with van der Waals surface area (Å²) in [5.74, 6) is -1.38. The molecule has 0 aromatic heterocycles. The number of hydrogen-bond acceptors (Lipinski definition) is 4. The zero-order valence-corrected chi connectivity index (χ0v) is 9.81. The second-order valence-corrected chi connectivity index (χ2v) is 4.29. The fourth-order valence-corrected chi connectivity index (χ4v) is 1.68. The molecule has 17 heavy (non-hydrogen) atoms. The average molecular weight is 239 g/mol. The summed E-state index contributed by atoms with van der Waals surface area (Å²) >= 11 is 0. The monoisotopic (exact) mass is 239 g/mol. The first-order valence-corrected chi connectivity index (χ1v) is 5.61. The van der Waals surface area contributed by atoms with E-state index in [-0.39, 0.29) is 24.2 Å². The van der Waals surface area contributed by atoms with Gasteiger partial charge in [0.2, 0.25) is 11.8 Å². The molecule has 6 nitrogen and oxygen atoms in total. The van der Waals surface area contributed by atoms with Gasteiger partial charge in [-0.05, 0) is 19.8 Å². The number of ether oxygens (including phenoxy) is 1. The quantitative estimate of drug-likeness (QED) is 0.677. The molecule has 3 N–H and O–H groups in total. The minimum Gasteiger partial charge on any atom is -0.381 e.